The van der Waals surface area contributed by atoms with Crippen LogP contribution < -0.4 is 10.1 Å². The number of likely N-dealkylation sites (N-methyl/N-ethyl adjacent to an activating group) is 1. The highest BCUT2D eigenvalue weighted by Gasteiger charge is 2.13. The number of unbranched alkanes of at least 4 members (excludes halogenated alkanes) is 1. The molecule has 6 nitrogen and oxygen atoms in total. The molecule has 6 heteroatoms. The number of piperazine rings is 1. The highest BCUT2D eigenvalue weighted by Crippen LogP contribution is 2.18. The number of aliphatic imine (C=N–C) groups is 1. The number of nitrogens with zero attached hydrogens (tertiary/aromatic N) is 4. The summed E-state index contributed by atoms with van der Waals surface area (Å²) in [4.78, 5) is 11.5. The van der Waals surface area contributed by atoms with Crippen LogP contribution in [0.15, 0.2) is 29.3 Å². The van der Waals surface area contributed by atoms with Gasteiger partial charge in [0.25, 0.3) is 0 Å². The molecule has 0 spiro atoms. The molecule has 0 amide bonds. The number of hydrogen-bond donors (Lipinski definition) is 1. The lowest BCUT2D eigenvalue weighted by Gasteiger charge is -2.32. The lowest BCUT2D eigenvalue weighted by atomic mass is 10.2. The zero-order valence-corrected chi connectivity index (χ0v) is 16.9. The third kappa shape index (κ3) is 6.50. The van der Waals surface area contributed by atoms with E-state index < -0.39 is 0 Å². The van der Waals surface area contributed by atoms with Gasteiger partial charge in [0.15, 0.2) is 5.96 Å². The second-order valence-electron chi connectivity index (χ2n) is 6.99. The van der Waals surface area contributed by atoms with E-state index in [0.717, 1.165) is 36.8 Å². The Morgan fingerprint density at radius 1 is 1.19 bits per heavy atom. The Balaban J connectivity index is 1.68. The zero-order chi connectivity index (χ0) is 18.8. The van der Waals surface area contributed by atoms with Crippen molar-refractivity contribution in [2.45, 2.75) is 19.4 Å². The predicted molar refractivity (Wildman–Crippen MR) is 109 cm³/mol. The number of guanidine groups is 1. The number of ether oxygens (including phenoxy) is 1. The van der Waals surface area contributed by atoms with E-state index in [1.165, 1.54) is 39.1 Å². The Bertz CT molecular complexity index is 555. The van der Waals surface area contributed by atoms with Gasteiger partial charge in [-0.3, -0.25) is 4.99 Å². The quantitative estimate of drug-likeness (QED) is 0.434. The molecule has 1 aromatic carbocycles. The maximum Gasteiger partial charge on any atom is 0.193 e. The molecule has 0 atom stereocenters. The molecule has 1 N–H and O–H groups in total. The van der Waals surface area contributed by atoms with Crippen molar-refractivity contribution in [2.24, 2.45) is 4.99 Å². The van der Waals surface area contributed by atoms with Gasteiger partial charge in [-0.15, -0.1) is 0 Å². The van der Waals surface area contributed by atoms with Crippen LogP contribution in [0.25, 0.3) is 0 Å². The van der Waals surface area contributed by atoms with Crippen molar-refractivity contribution in [3.8, 4) is 5.75 Å². The zero-order valence-electron chi connectivity index (χ0n) is 16.9. The minimum atomic E-state index is 0.769. The molecule has 146 valence electrons. The van der Waals surface area contributed by atoms with Gasteiger partial charge in [0.2, 0.25) is 0 Å². The molecule has 0 aliphatic carbocycles. The van der Waals surface area contributed by atoms with Crippen molar-refractivity contribution in [1.82, 2.24) is 20.0 Å². The van der Waals surface area contributed by atoms with Crippen LogP contribution in [0, 0.1) is 0 Å². The molecule has 2 rings (SSSR count). The Hall–Kier alpha value is -1.79. The van der Waals surface area contributed by atoms with E-state index in [4.69, 9.17) is 4.74 Å². The van der Waals surface area contributed by atoms with Crippen LogP contribution in [-0.2, 0) is 6.54 Å². The summed E-state index contributed by atoms with van der Waals surface area (Å²) in [7, 11) is 7.82. The van der Waals surface area contributed by atoms with E-state index in [9.17, 15) is 0 Å². The van der Waals surface area contributed by atoms with Gasteiger partial charge >= 0.3 is 0 Å². The van der Waals surface area contributed by atoms with Crippen molar-refractivity contribution in [3.05, 3.63) is 29.8 Å². The van der Waals surface area contributed by atoms with Crippen LogP contribution in [0.2, 0.25) is 0 Å². The minimum Gasteiger partial charge on any atom is -0.496 e. The molecule has 1 heterocycles. The highest BCUT2D eigenvalue weighted by molar-refractivity contribution is 5.79. The first-order valence-electron chi connectivity index (χ1n) is 9.58. The molecule has 1 saturated heterocycles. The van der Waals surface area contributed by atoms with Crippen molar-refractivity contribution < 1.29 is 4.74 Å². The maximum atomic E-state index is 5.44. The van der Waals surface area contributed by atoms with Gasteiger partial charge in [0, 0.05) is 58.9 Å². The molecule has 1 aliphatic rings. The lowest BCUT2D eigenvalue weighted by Crippen LogP contribution is -2.44. The first kappa shape index (κ1) is 20.5. The summed E-state index contributed by atoms with van der Waals surface area (Å²) in [5, 5.41) is 3.48. The SMILES string of the molecule is CN=C(NCCCCN1CCN(C)CC1)N(C)Cc1ccccc1OC. The molecule has 0 saturated carbocycles. The molecular formula is C20H35N5O. The van der Waals surface area contributed by atoms with Gasteiger partial charge in [-0.25, -0.2) is 0 Å². The Morgan fingerprint density at radius 2 is 1.92 bits per heavy atom. The van der Waals surface area contributed by atoms with E-state index in [-0.39, 0.29) is 0 Å². The number of methoxy groups -OCH3 is 1. The average molecular weight is 362 g/mol. The van der Waals surface area contributed by atoms with Crippen molar-refractivity contribution in [2.75, 3.05) is 67.5 Å². The Kier molecular flexibility index (Phi) is 8.71. The monoisotopic (exact) mass is 361 g/mol. The molecule has 0 aromatic heterocycles. The van der Waals surface area contributed by atoms with E-state index in [1.54, 1.807) is 7.11 Å². The standard InChI is InChI=1S/C20H35N5O/c1-21-20(24(3)17-18-9-5-6-10-19(18)26-4)22-11-7-8-12-25-15-13-23(2)14-16-25/h5-6,9-10H,7-8,11-17H2,1-4H3,(H,21,22). The number of benzene rings is 1. The lowest BCUT2D eigenvalue weighted by molar-refractivity contribution is 0.152. The molecule has 1 aliphatic heterocycles. The van der Waals surface area contributed by atoms with Crippen LogP contribution >= 0.6 is 0 Å². The van der Waals surface area contributed by atoms with Gasteiger partial charge in [-0.05, 0) is 32.5 Å². The molecule has 0 radical (unpaired) electrons. The minimum absolute atomic E-state index is 0.769. The van der Waals surface area contributed by atoms with Gasteiger partial charge in [0.1, 0.15) is 5.75 Å². The number of nitrogens with one attached hydrogen (secondary N) is 1. The van der Waals surface area contributed by atoms with E-state index in [0.29, 0.717) is 0 Å². The topological polar surface area (TPSA) is 43.3 Å². The first-order chi connectivity index (χ1) is 12.6. The molecule has 1 fully saturated rings. The summed E-state index contributed by atoms with van der Waals surface area (Å²) in [6.07, 6.45) is 2.39. The van der Waals surface area contributed by atoms with Crippen LogP contribution in [0.1, 0.15) is 18.4 Å². The first-order valence-corrected chi connectivity index (χ1v) is 9.58. The molecule has 0 unspecified atom stereocenters. The largest absolute Gasteiger partial charge is 0.496 e. The van der Waals surface area contributed by atoms with Gasteiger partial charge in [-0.2, -0.15) is 0 Å². The fourth-order valence-corrected chi connectivity index (χ4v) is 3.28. The maximum absolute atomic E-state index is 5.44. The van der Waals surface area contributed by atoms with Crippen LogP contribution in [0.5, 0.6) is 5.75 Å². The second-order valence-corrected chi connectivity index (χ2v) is 6.99. The normalized spacial score (nSPS) is 16.5. The van der Waals surface area contributed by atoms with Crippen molar-refractivity contribution >= 4 is 5.96 Å². The number of hydrogen-bond acceptors (Lipinski definition) is 4. The molecular weight excluding hydrogens is 326 g/mol. The third-order valence-electron chi connectivity index (χ3n) is 4.95. The van der Waals surface area contributed by atoms with Crippen molar-refractivity contribution in [3.63, 3.8) is 0 Å². The second kappa shape index (κ2) is 11.0. The smallest absolute Gasteiger partial charge is 0.193 e. The molecule has 26 heavy (non-hydrogen) atoms. The third-order valence-corrected chi connectivity index (χ3v) is 4.95. The fraction of sp³-hybridized carbons (Fsp3) is 0.650. The summed E-state index contributed by atoms with van der Waals surface area (Å²) >= 11 is 0. The van der Waals surface area contributed by atoms with Crippen LogP contribution in [0.4, 0.5) is 0 Å². The highest BCUT2D eigenvalue weighted by atomic mass is 16.5. The van der Waals surface area contributed by atoms with E-state index in [1.807, 2.05) is 25.2 Å². The van der Waals surface area contributed by atoms with E-state index in [2.05, 4.69) is 45.2 Å². The fourth-order valence-electron chi connectivity index (χ4n) is 3.28. The molecule has 0 bridgehead atoms. The van der Waals surface area contributed by atoms with Crippen LogP contribution in [-0.4, -0.2) is 88.2 Å². The van der Waals surface area contributed by atoms with Crippen LogP contribution in [0.3, 0.4) is 0 Å². The number of rotatable bonds is 8. The summed E-state index contributed by atoms with van der Waals surface area (Å²) in [6.45, 7) is 7.71. The Morgan fingerprint density at radius 3 is 2.62 bits per heavy atom. The summed E-state index contributed by atoms with van der Waals surface area (Å²) in [5.41, 5.74) is 1.16. The van der Waals surface area contributed by atoms with Gasteiger partial charge in [0.05, 0.1) is 7.11 Å². The molecule has 1 aromatic rings. The Labute approximate surface area is 158 Å². The van der Waals surface area contributed by atoms with Gasteiger partial charge in [-0.1, -0.05) is 18.2 Å². The number of para-hydroxylation sites is 1. The predicted octanol–water partition coefficient (Wildman–Crippen LogP) is 1.73. The van der Waals surface area contributed by atoms with Crippen molar-refractivity contribution in [1.29, 1.82) is 0 Å². The van der Waals surface area contributed by atoms with E-state index >= 15 is 0 Å². The summed E-state index contributed by atoms with van der Waals surface area (Å²) < 4.78 is 5.44. The average Bonchev–Trinajstić information content (AvgIpc) is 2.66. The summed E-state index contributed by atoms with van der Waals surface area (Å²) in [6, 6.07) is 8.13. The van der Waals surface area contributed by atoms with Gasteiger partial charge < -0.3 is 24.8 Å². The summed E-state index contributed by atoms with van der Waals surface area (Å²) in [5.74, 6) is 1.84.